The van der Waals surface area contributed by atoms with Gasteiger partial charge in [-0.15, -0.1) is 10.2 Å². The van der Waals surface area contributed by atoms with Crippen LogP contribution >= 0.6 is 11.8 Å². The van der Waals surface area contributed by atoms with Crippen LogP contribution < -0.4 is 10.1 Å². The highest BCUT2D eigenvalue weighted by molar-refractivity contribution is 7.99. The Bertz CT molecular complexity index is 893. The molecule has 1 N–H and O–H groups in total. The van der Waals surface area contributed by atoms with Crippen LogP contribution in [-0.4, -0.2) is 40.1 Å². The van der Waals surface area contributed by atoms with Crippen LogP contribution in [0.15, 0.2) is 60.0 Å². The van der Waals surface area contributed by atoms with Gasteiger partial charge in [-0.3, -0.25) is 9.36 Å². The highest BCUT2D eigenvalue weighted by atomic mass is 32.2. The number of para-hydroxylation sites is 1. The minimum atomic E-state index is -0.0205. The molecule has 1 aromatic heterocycles. The molecular weight excluding hydrogens is 360 g/mol. The lowest BCUT2D eigenvalue weighted by molar-refractivity contribution is -0.118. The van der Waals surface area contributed by atoms with Gasteiger partial charge in [0.15, 0.2) is 5.16 Å². The molecule has 0 atom stereocenters. The number of rotatable bonds is 8. The van der Waals surface area contributed by atoms with Crippen molar-refractivity contribution < 1.29 is 9.53 Å². The molecule has 6 nitrogen and oxygen atoms in total. The minimum absolute atomic E-state index is 0.0205. The number of carbonyl (C=O) groups excluding carboxylic acids is 1. The van der Waals surface area contributed by atoms with Crippen molar-refractivity contribution in [3.8, 4) is 11.4 Å². The molecule has 0 aliphatic heterocycles. The van der Waals surface area contributed by atoms with E-state index in [-0.39, 0.29) is 5.91 Å². The maximum atomic E-state index is 12.1. The quantitative estimate of drug-likeness (QED) is 0.607. The number of hydrogen-bond acceptors (Lipinski definition) is 5. The second-order valence-corrected chi connectivity index (χ2v) is 6.95. The first-order valence-electron chi connectivity index (χ1n) is 8.66. The van der Waals surface area contributed by atoms with Crippen LogP contribution in [0.25, 0.3) is 5.69 Å². The Kier molecular flexibility index (Phi) is 6.49. The standard InChI is InChI=1S/C20H22N4O2S/c1-15-5-3-4-6-18(15)24-14-22-23-20(24)27-13-19(25)21-12-11-16-7-9-17(26-2)10-8-16/h3-10,14H,11-13H2,1-2H3,(H,21,25). The third-order valence-corrected chi connectivity index (χ3v) is 5.06. The summed E-state index contributed by atoms with van der Waals surface area (Å²) in [6, 6.07) is 15.9. The van der Waals surface area contributed by atoms with E-state index < -0.39 is 0 Å². The van der Waals surface area contributed by atoms with Gasteiger partial charge < -0.3 is 10.1 Å². The van der Waals surface area contributed by atoms with E-state index in [0.29, 0.717) is 17.5 Å². The van der Waals surface area contributed by atoms with E-state index in [1.807, 2.05) is 60.0 Å². The van der Waals surface area contributed by atoms with Gasteiger partial charge in [-0.05, 0) is 42.7 Å². The highest BCUT2D eigenvalue weighted by Gasteiger charge is 2.11. The van der Waals surface area contributed by atoms with Gasteiger partial charge in [0.2, 0.25) is 5.91 Å². The van der Waals surface area contributed by atoms with E-state index in [2.05, 4.69) is 15.5 Å². The molecule has 0 saturated heterocycles. The average Bonchev–Trinajstić information content (AvgIpc) is 3.15. The number of nitrogens with one attached hydrogen (secondary N) is 1. The van der Waals surface area contributed by atoms with E-state index >= 15 is 0 Å². The predicted octanol–water partition coefficient (Wildman–Crippen LogP) is 3.04. The molecule has 2 aromatic carbocycles. The monoisotopic (exact) mass is 382 g/mol. The number of carbonyl (C=O) groups is 1. The second kappa shape index (κ2) is 9.23. The Morgan fingerprint density at radius 3 is 2.70 bits per heavy atom. The molecule has 0 fully saturated rings. The molecule has 0 aliphatic carbocycles. The highest BCUT2D eigenvalue weighted by Crippen LogP contribution is 2.21. The summed E-state index contributed by atoms with van der Waals surface area (Å²) in [5.74, 6) is 1.11. The number of aromatic nitrogens is 3. The van der Waals surface area contributed by atoms with Crippen molar-refractivity contribution in [3.05, 3.63) is 66.0 Å². The molecule has 3 aromatic rings. The Morgan fingerprint density at radius 2 is 1.96 bits per heavy atom. The third-order valence-electron chi connectivity index (χ3n) is 4.12. The molecule has 3 rings (SSSR count). The third kappa shape index (κ3) is 5.10. The number of thioether (sulfide) groups is 1. The summed E-state index contributed by atoms with van der Waals surface area (Å²) in [4.78, 5) is 12.1. The van der Waals surface area contributed by atoms with Gasteiger partial charge in [-0.25, -0.2) is 0 Å². The maximum Gasteiger partial charge on any atom is 0.230 e. The lowest BCUT2D eigenvalue weighted by Gasteiger charge is -2.09. The predicted molar refractivity (Wildman–Crippen MR) is 107 cm³/mol. The zero-order valence-corrected chi connectivity index (χ0v) is 16.2. The van der Waals surface area contributed by atoms with Crippen LogP contribution in [0.1, 0.15) is 11.1 Å². The van der Waals surface area contributed by atoms with Crippen molar-refractivity contribution in [1.82, 2.24) is 20.1 Å². The lowest BCUT2D eigenvalue weighted by atomic mass is 10.1. The first-order valence-corrected chi connectivity index (χ1v) is 9.64. The molecular formula is C20H22N4O2S. The van der Waals surface area contributed by atoms with Crippen LogP contribution in [0.4, 0.5) is 0 Å². The molecule has 1 amide bonds. The number of benzene rings is 2. The van der Waals surface area contributed by atoms with Crippen molar-refractivity contribution in [2.45, 2.75) is 18.5 Å². The molecule has 27 heavy (non-hydrogen) atoms. The summed E-state index contributed by atoms with van der Waals surface area (Å²) in [5, 5.41) is 11.8. The minimum Gasteiger partial charge on any atom is -0.497 e. The Labute approximate surface area is 163 Å². The summed E-state index contributed by atoms with van der Waals surface area (Å²) < 4.78 is 7.05. The molecule has 0 saturated carbocycles. The van der Waals surface area contributed by atoms with Crippen LogP contribution in [0.3, 0.4) is 0 Å². The number of hydrogen-bond donors (Lipinski definition) is 1. The molecule has 140 valence electrons. The van der Waals surface area contributed by atoms with Crippen LogP contribution in [-0.2, 0) is 11.2 Å². The van der Waals surface area contributed by atoms with Crippen LogP contribution in [0, 0.1) is 6.92 Å². The topological polar surface area (TPSA) is 69.0 Å². The average molecular weight is 382 g/mol. The van der Waals surface area contributed by atoms with Gasteiger partial charge in [0.25, 0.3) is 0 Å². The molecule has 7 heteroatoms. The fourth-order valence-corrected chi connectivity index (χ4v) is 3.39. The molecule has 0 aliphatic rings. The Morgan fingerprint density at radius 1 is 1.19 bits per heavy atom. The molecule has 0 spiro atoms. The Balaban J connectivity index is 1.48. The number of nitrogens with zero attached hydrogens (tertiary/aromatic N) is 3. The van der Waals surface area contributed by atoms with E-state index in [1.54, 1.807) is 13.4 Å². The summed E-state index contributed by atoms with van der Waals surface area (Å²) in [5.41, 5.74) is 3.30. The summed E-state index contributed by atoms with van der Waals surface area (Å²) in [6.07, 6.45) is 2.45. The van der Waals surface area contributed by atoms with E-state index in [4.69, 9.17) is 4.74 Å². The molecule has 1 heterocycles. The van der Waals surface area contributed by atoms with Crippen molar-refractivity contribution in [2.75, 3.05) is 19.4 Å². The first kappa shape index (κ1) is 19.0. The second-order valence-electron chi connectivity index (χ2n) is 6.01. The van der Waals surface area contributed by atoms with Crippen molar-refractivity contribution in [2.24, 2.45) is 0 Å². The normalized spacial score (nSPS) is 10.6. The van der Waals surface area contributed by atoms with Crippen LogP contribution in [0.2, 0.25) is 0 Å². The largest absolute Gasteiger partial charge is 0.497 e. The zero-order chi connectivity index (χ0) is 19.1. The smallest absolute Gasteiger partial charge is 0.230 e. The lowest BCUT2D eigenvalue weighted by Crippen LogP contribution is -2.27. The SMILES string of the molecule is COc1ccc(CCNC(=O)CSc2nncn2-c2ccccc2C)cc1. The summed E-state index contributed by atoms with van der Waals surface area (Å²) >= 11 is 1.38. The van der Waals surface area contributed by atoms with Gasteiger partial charge in [0.1, 0.15) is 12.1 Å². The first-order chi connectivity index (χ1) is 13.2. The number of aryl methyl sites for hydroxylation is 1. The number of amides is 1. The Hall–Kier alpha value is -2.80. The molecule has 0 bridgehead atoms. The fraction of sp³-hybridized carbons (Fsp3) is 0.250. The maximum absolute atomic E-state index is 12.1. The zero-order valence-electron chi connectivity index (χ0n) is 15.4. The van der Waals surface area contributed by atoms with E-state index in [9.17, 15) is 4.79 Å². The number of methoxy groups -OCH3 is 1. The van der Waals surface area contributed by atoms with Crippen molar-refractivity contribution >= 4 is 17.7 Å². The molecule has 0 radical (unpaired) electrons. The van der Waals surface area contributed by atoms with Crippen molar-refractivity contribution in [3.63, 3.8) is 0 Å². The van der Waals surface area contributed by atoms with Gasteiger partial charge >= 0.3 is 0 Å². The van der Waals surface area contributed by atoms with E-state index in [0.717, 1.165) is 29.0 Å². The van der Waals surface area contributed by atoms with Crippen LogP contribution in [0.5, 0.6) is 5.75 Å². The van der Waals surface area contributed by atoms with E-state index in [1.165, 1.54) is 11.8 Å². The van der Waals surface area contributed by atoms with Gasteiger partial charge in [-0.1, -0.05) is 42.1 Å². The summed E-state index contributed by atoms with van der Waals surface area (Å²) in [7, 11) is 1.65. The fourth-order valence-electron chi connectivity index (χ4n) is 2.64. The van der Waals surface area contributed by atoms with Gasteiger partial charge in [0.05, 0.1) is 18.6 Å². The number of ether oxygens (including phenoxy) is 1. The van der Waals surface area contributed by atoms with Gasteiger partial charge in [-0.2, -0.15) is 0 Å². The summed E-state index contributed by atoms with van der Waals surface area (Å²) in [6.45, 7) is 2.63. The van der Waals surface area contributed by atoms with Crippen molar-refractivity contribution in [1.29, 1.82) is 0 Å². The molecule has 0 unspecified atom stereocenters. The van der Waals surface area contributed by atoms with Gasteiger partial charge in [0, 0.05) is 6.54 Å².